The zero-order chi connectivity index (χ0) is 18.9. The third-order valence-corrected chi connectivity index (χ3v) is 4.36. The van der Waals surface area contributed by atoms with Crippen molar-refractivity contribution in [2.45, 2.75) is 12.5 Å². The molecule has 4 amide bonds. The Labute approximate surface area is 153 Å². The Hall–Kier alpha value is -2.93. The van der Waals surface area contributed by atoms with E-state index in [0.29, 0.717) is 10.6 Å². The van der Waals surface area contributed by atoms with Crippen molar-refractivity contribution in [3.8, 4) is 0 Å². The highest BCUT2D eigenvalue weighted by atomic mass is 35.5. The molecule has 0 radical (unpaired) electrons. The van der Waals surface area contributed by atoms with Gasteiger partial charge in [0.15, 0.2) is 0 Å². The molecule has 6 nitrogen and oxygen atoms in total. The van der Waals surface area contributed by atoms with Crippen LogP contribution in [0.1, 0.15) is 12.5 Å². The molecule has 0 aromatic heterocycles. The van der Waals surface area contributed by atoms with E-state index in [4.69, 9.17) is 11.6 Å². The average molecular weight is 376 g/mol. The lowest BCUT2D eigenvalue weighted by Crippen LogP contribution is -2.42. The molecule has 26 heavy (non-hydrogen) atoms. The van der Waals surface area contributed by atoms with E-state index in [1.807, 2.05) is 0 Å². The van der Waals surface area contributed by atoms with Gasteiger partial charge in [0, 0.05) is 10.7 Å². The largest absolute Gasteiger partial charge is 0.325 e. The third kappa shape index (κ3) is 3.39. The predicted octanol–water partition coefficient (Wildman–Crippen LogP) is 2.88. The van der Waals surface area contributed by atoms with Gasteiger partial charge in [0.1, 0.15) is 17.9 Å². The normalized spacial score (nSPS) is 19.4. The molecule has 2 N–H and O–H groups in total. The Morgan fingerprint density at radius 1 is 1.23 bits per heavy atom. The molecule has 0 spiro atoms. The van der Waals surface area contributed by atoms with E-state index in [2.05, 4.69) is 10.6 Å². The number of amides is 4. The molecule has 0 unspecified atom stereocenters. The van der Waals surface area contributed by atoms with Gasteiger partial charge >= 0.3 is 6.03 Å². The van der Waals surface area contributed by atoms with Gasteiger partial charge in [-0.1, -0.05) is 29.8 Å². The van der Waals surface area contributed by atoms with Gasteiger partial charge in [0.05, 0.1) is 0 Å². The summed E-state index contributed by atoms with van der Waals surface area (Å²) in [5.74, 6) is -1.67. The quantitative estimate of drug-likeness (QED) is 0.806. The van der Waals surface area contributed by atoms with E-state index in [9.17, 15) is 18.8 Å². The summed E-state index contributed by atoms with van der Waals surface area (Å²) in [6.45, 7) is 1.07. The number of imide groups is 1. The van der Waals surface area contributed by atoms with Crippen LogP contribution in [-0.2, 0) is 15.1 Å². The molecule has 1 fully saturated rings. The highest BCUT2D eigenvalue weighted by molar-refractivity contribution is 6.30. The van der Waals surface area contributed by atoms with E-state index in [0.717, 1.165) is 11.0 Å². The monoisotopic (exact) mass is 375 g/mol. The van der Waals surface area contributed by atoms with E-state index >= 15 is 0 Å². The van der Waals surface area contributed by atoms with Gasteiger partial charge in [-0.25, -0.2) is 9.18 Å². The van der Waals surface area contributed by atoms with Crippen LogP contribution in [-0.4, -0.2) is 29.3 Å². The van der Waals surface area contributed by atoms with Crippen molar-refractivity contribution in [1.29, 1.82) is 0 Å². The minimum absolute atomic E-state index is 0.238. The number of benzene rings is 2. The minimum Gasteiger partial charge on any atom is -0.324 e. The van der Waals surface area contributed by atoms with Gasteiger partial charge < -0.3 is 10.6 Å². The van der Waals surface area contributed by atoms with Crippen LogP contribution in [0.25, 0.3) is 0 Å². The van der Waals surface area contributed by atoms with Gasteiger partial charge in [-0.15, -0.1) is 0 Å². The lowest BCUT2D eigenvalue weighted by atomic mass is 9.92. The van der Waals surface area contributed by atoms with Crippen LogP contribution in [0.2, 0.25) is 5.02 Å². The van der Waals surface area contributed by atoms with Crippen molar-refractivity contribution in [1.82, 2.24) is 10.2 Å². The highest BCUT2D eigenvalue weighted by Crippen LogP contribution is 2.29. The number of nitrogens with zero attached hydrogens (tertiary/aromatic N) is 1. The first-order chi connectivity index (χ1) is 12.3. The molecule has 2 aromatic rings. The molecule has 1 aliphatic rings. The molecular weight excluding hydrogens is 361 g/mol. The molecule has 0 aliphatic carbocycles. The van der Waals surface area contributed by atoms with Crippen molar-refractivity contribution < 1.29 is 18.8 Å². The SMILES string of the molecule is C[C@]1(c2ccc(Cl)cc2)NC(=O)N(CC(=O)Nc2cccc(F)c2)C1=O. The van der Waals surface area contributed by atoms with Crippen LogP contribution in [0.4, 0.5) is 14.9 Å². The molecule has 1 saturated heterocycles. The summed E-state index contributed by atoms with van der Waals surface area (Å²) in [4.78, 5) is 37.9. The number of carbonyl (C=O) groups excluding carboxylic acids is 3. The van der Waals surface area contributed by atoms with E-state index < -0.39 is 35.7 Å². The van der Waals surface area contributed by atoms with Crippen molar-refractivity contribution in [3.63, 3.8) is 0 Å². The predicted molar refractivity (Wildman–Crippen MR) is 94.1 cm³/mol. The van der Waals surface area contributed by atoms with Crippen LogP contribution in [0.5, 0.6) is 0 Å². The number of hydrogen-bond acceptors (Lipinski definition) is 3. The summed E-state index contributed by atoms with van der Waals surface area (Å²) in [5.41, 5.74) is -0.503. The smallest absolute Gasteiger partial charge is 0.324 e. The molecular formula is C18H15ClFN3O3. The Bertz CT molecular complexity index is 888. The number of anilines is 1. The lowest BCUT2D eigenvalue weighted by Gasteiger charge is -2.22. The van der Waals surface area contributed by atoms with E-state index in [1.54, 1.807) is 31.2 Å². The lowest BCUT2D eigenvalue weighted by molar-refractivity contribution is -0.133. The summed E-state index contributed by atoms with van der Waals surface area (Å²) < 4.78 is 13.2. The number of rotatable bonds is 4. The van der Waals surface area contributed by atoms with Gasteiger partial charge in [-0.2, -0.15) is 0 Å². The standard InChI is InChI=1S/C18H15ClFN3O3/c1-18(11-5-7-12(19)8-6-11)16(25)23(17(26)22-18)10-15(24)21-14-4-2-3-13(20)9-14/h2-9H,10H2,1H3,(H,21,24)(H,22,26)/t18-/m1/s1. The number of hydrogen-bond donors (Lipinski definition) is 2. The summed E-state index contributed by atoms with van der Waals surface area (Å²) in [5, 5.41) is 5.55. The molecule has 134 valence electrons. The molecule has 8 heteroatoms. The van der Waals surface area contributed by atoms with Crippen molar-refractivity contribution in [2.24, 2.45) is 0 Å². The average Bonchev–Trinajstić information content (AvgIpc) is 2.79. The summed E-state index contributed by atoms with van der Waals surface area (Å²) >= 11 is 5.85. The first kappa shape index (κ1) is 17.9. The fraction of sp³-hybridized carbons (Fsp3) is 0.167. The summed E-state index contributed by atoms with van der Waals surface area (Å²) in [7, 11) is 0. The maximum atomic E-state index is 13.2. The molecule has 0 bridgehead atoms. The number of urea groups is 1. The van der Waals surface area contributed by atoms with Gasteiger partial charge in [0.25, 0.3) is 5.91 Å². The van der Waals surface area contributed by atoms with Gasteiger partial charge in [0.2, 0.25) is 5.91 Å². The van der Waals surface area contributed by atoms with Crippen molar-refractivity contribution in [3.05, 3.63) is 64.9 Å². The van der Waals surface area contributed by atoms with Gasteiger partial charge in [-0.05, 0) is 42.8 Å². The molecule has 0 saturated carbocycles. The first-order valence-corrected chi connectivity index (χ1v) is 8.13. The Balaban J connectivity index is 1.74. The topological polar surface area (TPSA) is 78.5 Å². The first-order valence-electron chi connectivity index (χ1n) is 7.75. The fourth-order valence-electron chi connectivity index (χ4n) is 2.73. The molecule has 1 heterocycles. The number of halogens is 2. The molecule has 1 aliphatic heterocycles. The van der Waals surface area contributed by atoms with Crippen LogP contribution < -0.4 is 10.6 Å². The second kappa shape index (κ2) is 6.76. The third-order valence-electron chi connectivity index (χ3n) is 4.11. The second-order valence-electron chi connectivity index (χ2n) is 6.01. The van der Waals surface area contributed by atoms with E-state index in [-0.39, 0.29) is 5.69 Å². The van der Waals surface area contributed by atoms with Gasteiger partial charge in [-0.3, -0.25) is 14.5 Å². The van der Waals surface area contributed by atoms with Crippen molar-refractivity contribution >= 4 is 35.1 Å². The second-order valence-corrected chi connectivity index (χ2v) is 6.45. The molecule has 1 atom stereocenters. The Kier molecular flexibility index (Phi) is 4.65. The summed E-state index contributed by atoms with van der Waals surface area (Å²) in [6.07, 6.45) is 0. The zero-order valence-corrected chi connectivity index (χ0v) is 14.5. The van der Waals surface area contributed by atoms with Crippen LogP contribution in [0.15, 0.2) is 48.5 Å². The number of carbonyl (C=O) groups is 3. The van der Waals surface area contributed by atoms with Crippen LogP contribution in [0, 0.1) is 5.82 Å². The Morgan fingerprint density at radius 3 is 2.58 bits per heavy atom. The van der Waals surface area contributed by atoms with E-state index in [1.165, 1.54) is 18.2 Å². The number of nitrogens with one attached hydrogen (secondary N) is 2. The maximum absolute atomic E-state index is 13.2. The molecule has 2 aromatic carbocycles. The highest BCUT2D eigenvalue weighted by Gasteiger charge is 2.49. The van der Waals surface area contributed by atoms with Crippen LogP contribution >= 0.6 is 11.6 Å². The zero-order valence-electron chi connectivity index (χ0n) is 13.8. The van der Waals surface area contributed by atoms with Crippen molar-refractivity contribution in [2.75, 3.05) is 11.9 Å². The summed E-state index contributed by atoms with van der Waals surface area (Å²) in [6, 6.07) is 11.1. The van der Waals surface area contributed by atoms with Crippen LogP contribution in [0.3, 0.4) is 0 Å². The minimum atomic E-state index is -1.29. The fourth-order valence-corrected chi connectivity index (χ4v) is 2.86. The maximum Gasteiger partial charge on any atom is 0.325 e. The Morgan fingerprint density at radius 2 is 1.92 bits per heavy atom. The molecule has 3 rings (SSSR count).